The minimum atomic E-state index is -2.89. The van der Waals surface area contributed by atoms with Crippen LogP contribution in [0.4, 0.5) is 0 Å². The summed E-state index contributed by atoms with van der Waals surface area (Å²) in [4.78, 5) is 19.4. The van der Waals surface area contributed by atoms with E-state index in [0.717, 1.165) is 0 Å². The van der Waals surface area contributed by atoms with Crippen LogP contribution in [0, 0.1) is 14.4 Å². The fourth-order valence-electron chi connectivity index (χ4n) is 0. The monoisotopic (exact) mass is 471 g/mol. The van der Waals surface area contributed by atoms with Gasteiger partial charge in [-0.15, -0.1) is 6.42 Å². The molecular formula is C10H25O5P2W-3. The van der Waals surface area contributed by atoms with Crippen LogP contribution in [-0.4, -0.2) is 39.6 Å². The molecule has 5 nitrogen and oxygen atoms in total. The maximum atomic E-state index is 10.4. The number of hydrogen-bond donors (Lipinski definition) is 0. The predicted octanol–water partition coefficient (Wildman–Crippen LogP) is 2.30. The van der Waals surface area contributed by atoms with E-state index in [1.165, 1.54) is 27.4 Å². The van der Waals surface area contributed by atoms with Crippen molar-refractivity contribution >= 4 is 20.5 Å². The number of carbonyl (C=O) groups excluding carboxylic acids is 1. The molecule has 0 saturated carbocycles. The molecule has 0 unspecified atom stereocenters. The minimum Gasteiger partial charge on any atom is -0.800 e. The molecule has 114 valence electrons. The zero-order valence-electron chi connectivity index (χ0n) is 12.3. The average molecular weight is 471 g/mol. The minimum absolute atomic E-state index is 0. The predicted molar refractivity (Wildman–Crippen MR) is 73.0 cm³/mol. The first-order valence-corrected chi connectivity index (χ1v) is 9.52. The maximum absolute atomic E-state index is 10.4. The van der Waals surface area contributed by atoms with Crippen LogP contribution >= 0.6 is 14.7 Å². The van der Waals surface area contributed by atoms with Gasteiger partial charge in [-0.05, 0) is 20.3 Å². The smallest absolute Gasteiger partial charge is 0.196 e. The van der Waals surface area contributed by atoms with Crippen molar-refractivity contribution in [1.29, 1.82) is 0 Å². The van der Waals surface area contributed by atoms with Crippen LogP contribution in [0.1, 0.15) is 13.3 Å². The Kier molecular flexibility index (Phi) is 27.4. The molecule has 0 N–H and O–H groups in total. The van der Waals surface area contributed by atoms with Crippen LogP contribution in [0.25, 0.3) is 0 Å². The average Bonchev–Trinajstić information content (AvgIpc) is 2.01. The van der Waals surface area contributed by atoms with Gasteiger partial charge >= 0.3 is 0 Å². The maximum Gasteiger partial charge on any atom is 0.196 e. The SMILES string of the molecule is COP(C)(C)=O.CP(C)(=O)[O-].[CH2-]CC(C)=O.[CH3-].[W]. The largest absolute Gasteiger partial charge is 0.800 e. The van der Waals surface area contributed by atoms with E-state index in [0.29, 0.717) is 6.42 Å². The molecular weight excluding hydrogens is 446 g/mol. The second-order valence-electron chi connectivity index (χ2n) is 3.64. The molecule has 0 aliphatic carbocycles. The van der Waals surface area contributed by atoms with Gasteiger partial charge in [0.1, 0.15) is 0 Å². The molecule has 8 heteroatoms. The molecule has 0 aromatic heterocycles. The van der Waals surface area contributed by atoms with Gasteiger partial charge in [-0.25, -0.2) is 0 Å². The second kappa shape index (κ2) is 15.8. The summed E-state index contributed by atoms with van der Waals surface area (Å²) in [7, 11) is -3.59. The van der Waals surface area contributed by atoms with E-state index in [9.17, 15) is 18.8 Å². The van der Waals surface area contributed by atoms with Crippen LogP contribution in [0.5, 0.6) is 0 Å². The normalized spacial score (nSPS) is 9.33. The third-order valence-corrected chi connectivity index (χ3v) is 1.67. The molecule has 0 bridgehead atoms. The van der Waals surface area contributed by atoms with Gasteiger partial charge < -0.3 is 33.1 Å². The summed E-state index contributed by atoms with van der Waals surface area (Å²) in [5.74, 6) is 0.144. The van der Waals surface area contributed by atoms with E-state index in [4.69, 9.17) is 0 Å². The molecule has 0 amide bonds. The van der Waals surface area contributed by atoms with Gasteiger partial charge in [0, 0.05) is 48.9 Å². The Morgan fingerprint density at radius 3 is 1.33 bits per heavy atom. The van der Waals surface area contributed by atoms with Crippen LogP contribution in [-0.2, 0) is 39.5 Å². The topological polar surface area (TPSA) is 83.5 Å². The standard InChI is InChI=1S/C4H7O.C3H9O2P.C2H7O2P.CH3.W/c1-3-4(2)5;1-5-6(2,3)4;1-5(2,3)4;;/h1,3H2,2H3;1-3H3;1-2H3,(H,3,4);1H3;/q-1;;;-1;/p-1. The van der Waals surface area contributed by atoms with E-state index in [2.05, 4.69) is 11.4 Å². The Hall–Kier alpha value is 0.738. The first-order chi connectivity index (χ1) is 6.83. The molecule has 0 radical (unpaired) electrons. The van der Waals surface area contributed by atoms with Gasteiger partial charge in [-0.1, -0.05) is 0 Å². The van der Waals surface area contributed by atoms with Crippen molar-refractivity contribution in [2.45, 2.75) is 13.3 Å². The number of ketones is 1. The summed E-state index contributed by atoms with van der Waals surface area (Å²) in [6.07, 6.45) is 0.417. The number of rotatable bonds is 2. The quantitative estimate of drug-likeness (QED) is 0.456. The number of carbonyl (C=O) groups is 1. The molecule has 0 aliphatic rings. The summed E-state index contributed by atoms with van der Waals surface area (Å²) in [6.45, 7) is 10.4. The summed E-state index contributed by atoms with van der Waals surface area (Å²) in [5.41, 5.74) is 0. The molecule has 0 rings (SSSR count). The van der Waals surface area contributed by atoms with Crippen molar-refractivity contribution in [3.63, 3.8) is 0 Å². The Labute approximate surface area is 126 Å². The van der Waals surface area contributed by atoms with Gasteiger partial charge in [0.25, 0.3) is 0 Å². The zero-order chi connectivity index (χ0) is 14.0. The summed E-state index contributed by atoms with van der Waals surface area (Å²) >= 11 is 0. The summed E-state index contributed by atoms with van der Waals surface area (Å²) < 4.78 is 24.5. The Bertz CT molecular complexity index is 261. The van der Waals surface area contributed by atoms with Crippen LogP contribution in [0.3, 0.4) is 0 Å². The fourth-order valence-corrected chi connectivity index (χ4v) is 0. The van der Waals surface area contributed by atoms with Crippen molar-refractivity contribution in [3.05, 3.63) is 14.4 Å². The van der Waals surface area contributed by atoms with Gasteiger partial charge in [0.15, 0.2) is 7.37 Å². The first kappa shape index (κ1) is 31.2. The molecule has 0 aromatic rings. The number of Topliss-reactive ketones (excluding diaryl/α,β-unsaturated/α-hetero) is 1. The van der Waals surface area contributed by atoms with E-state index in [1.54, 1.807) is 13.3 Å². The molecule has 0 aromatic carbocycles. The molecule has 0 atom stereocenters. The van der Waals surface area contributed by atoms with E-state index < -0.39 is 14.7 Å². The third kappa shape index (κ3) is 126. The number of hydrogen-bond acceptors (Lipinski definition) is 5. The zero-order valence-corrected chi connectivity index (χ0v) is 17.0. The van der Waals surface area contributed by atoms with E-state index >= 15 is 0 Å². The van der Waals surface area contributed by atoms with Crippen molar-refractivity contribution in [1.82, 2.24) is 0 Å². The van der Waals surface area contributed by atoms with E-state index in [1.807, 2.05) is 0 Å². The Morgan fingerprint density at radius 1 is 1.22 bits per heavy atom. The van der Waals surface area contributed by atoms with Crippen LogP contribution in [0.2, 0.25) is 0 Å². The Balaban J connectivity index is -0.0000000447. The molecule has 0 fully saturated rings. The van der Waals surface area contributed by atoms with Crippen molar-refractivity contribution < 1.29 is 44.4 Å². The van der Waals surface area contributed by atoms with Gasteiger partial charge in [-0.2, -0.15) is 0 Å². The third-order valence-electron chi connectivity index (χ3n) is 0.792. The molecule has 0 saturated heterocycles. The first-order valence-electron chi connectivity index (χ1n) is 4.49. The van der Waals surface area contributed by atoms with Crippen LogP contribution in [0.15, 0.2) is 0 Å². The van der Waals surface area contributed by atoms with Crippen molar-refractivity contribution in [2.75, 3.05) is 33.8 Å². The van der Waals surface area contributed by atoms with Crippen molar-refractivity contribution in [3.8, 4) is 0 Å². The molecule has 0 spiro atoms. The summed E-state index contributed by atoms with van der Waals surface area (Å²) in [6, 6.07) is 0. The van der Waals surface area contributed by atoms with Gasteiger partial charge in [-0.3, -0.25) is 4.57 Å². The van der Waals surface area contributed by atoms with E-state index in [-0.39, 0.29) is 34.3 Å². The van der Waals surface area contributed by atoms with Gasteiger partial charge in [0.05, 0.1) is 5.78 Å². The second-order valence-corrected chi connectivity index (χ2v) is 9.01. The van der Waals surface area contributed by atoms with Crippen molar-refractivity contribution in [2.24, 2.45) is 0 Å². The molecule has 0 aliphatic heterocycles. The van der Waals surface area contributed by atoms with Gasteiger partial charge in [0.2, 0.25) is 0 Å². The molecule has 0 heterocycles. The Morgan fingerprint density at radius 2 is 1.33 bits per heavy atom. The summed E-state index contributed by atoms with van der Waals surface area (Å²) in [5, 5.41) is 0. The molecule has 18 heavy (non-hydrogen) atoms. The fraction of sp³-hybridized carbons (Fsp3) is 0.700. The van der Waals surface area contributed by atoms with Crippen LogP contribution < -0.4 is 4.89 Å².